The van der Waals surface area contributed by atoms with Gasteiger partial charge in [0.15, 0.2) is 12.4 Å². The van der Waals surface area contributed by atoms with Gasteiger partial charge in [-0.05, 0) is 12.8 Å². The smallest absolute Gasteiger partial charge is 0.335 e. The lowest BCUT2D eigenvalue weighted by Crippen LogP contribution is -2.61. The summed E-state index contributed by atoms with van der Waals surface area (Å²) in [5.41, 5.74) is 0. The number of aliphatic hydroxyl groups excluding tert-OH is 2. The molecule has 0 aromatic carbocycles. The van der Waals surface area contributed by atoms with Crippen LogP contribution in [-0.4, -0.2) is 65.2 Å². The van der Waals surface area contributed by atoms with Gasteiger partial charge in [0.25, 0.3) is 0 Å². The number of rotatable bonds is 9. The van der Waals surface area contributed by atoms with Gasteiger partial charge in [-0.3, -0.25) is 0 Å². The van der Waals surface area contributed by atoms with Crippen LogP contribution >= 0.6 is 0 Å². The van der Waals surface area contributed by atoms with E-state index in [9.17, 15) is 15.0 Å². The number of ether oxygens (including phenoxy) is 3. The van der Waals surface area contributed by atoms with Crippen LogP contribution in [0.4, 0.5) is 0 Å². The van der Waals surface area contributed by atoms with Crippen LogP contribution in [0.5, 0.6) is 0 Å². The standard InChI is InChI=1S/C14H26O7/c1-3-5-7-19-10-9(15)11(13(16)17)21-14(18)12(10)20-8-6-4-2/h9-12,14-15,18H,3-8H2,1-2H3,(H,16,17)/t9-,10-,11-,12+,14+/m0/s1. The molecule has 21 heavy (non-hydrogen) atoms. The Labute approximate surface area is 124 Å². The summed E-state index contributed by atoms with van der Waals surface area (Å²) in [4.78, 5) is 11.1. The highest BCUT2D eigenvalue weighted by Gasteiger charge is 2.49. The molecular formula is C14H26O7. The van der Waals surface area contributed by atoms with Crippen LogP contribution in [0.2, 0.25) is 0 Å². The fourth-order valence-electron chi connectivity index (χ4n) is 2.14. The van der Waals surface area contributed by atoms with Gasteiger partial charge in [-0.25, -0.2) is 4.79 Å². The average Bonchev–Trinajstić information content (AvgIpc) is 2.44. The van der Waals surface area contributed by atoms with Crippen molar-refractivity contribution in [2.24, 2.45) is 0 Å². The third-order valence-electron chi connectivity index (χ3n) is 3.40. The number of hydrogen-bond donors (Lipinski definition) is 3. The minimum atomic E-state index is -1.52. The van der Waals surface area contributed by atoms with Gasteiger partial charge in [0.1, 0.15) is 18.3 Å². The minimum absolute atomic E-state index is 0.366. The van der Waals surface area contributed by atoms with Crippen LogP contribution in [0.15, 0.2) is 0 Å². The second kappa shape index (κ2) is 9.32. The van der Waals surface area contributed by atoms with E-state index in [1.807, 2.05) is 13.8 Å². The minimum Gasteiger partial charge on any atom is -0.479 e. The van der Waals surface area contributed by atoms with Crippen molar-refractivity contribution in [3.8, 4) is 0 Å². The molecule has 0 aromatic heterocycles. The summed E-state index contributed by atoms with van der Waals surface area (Å²) in [5.74, 6) is -1.34. The van der Waals surface area contributed by atoms with Crippen LogP contribution in [-0.2, 0) is 19.0 Å². The van der Waals surface area contributed by atoms with Gasteiger partial charge in [0.05, 0.1) is 0 Å². The third kappa shape index (κ3) is 5.19. The van der Waals surface area contributed by atoms with Crippen LogP contribution in [0, 0.1) is 0 Å². The van der Waals surface area contributed by atoms with E-state index >= 15 is 0 Å². The Bertz CT molecular complexity index is 310. The monoisotopic (exact) mass is 306 g/mol. The highest BCUT2D eigenvalue weighted by atomic mass is 16.7. The van der Waals surface area contributed by atoms with Crippen LogP contribution in [0.25, 0.3) is 0 Å². The summed E-state index contributed by atoms with van der Waals surface area (Å²) in [7, 11) is 0. The van der Waals surface area contributed by atoms with Gasteiger partial charge in [-0.1, -0.05) is 26.7 Å². The molecule has 1 heterocycles. The molecule has 3 N–H and O–H groups in total. The first-order valence-corrected chi connectivity index (χ1v) is 7.50. The molecule has 0 unspecified atom stereocenters. The molecule has 0 aliphatic carbocycles. The third-order valence-corrected chi connectivity index (χ3v) is 3.40. The predicted molar refractivity (Wildman–Crippen MR) is 73.8 cm³/mol. The Balaban J connectivity index is 2.73. The normalized spacial score (nSPS) is 33.0. The molecule has 0 radical (unpaired) electrons. The number of carboxylic acid groups (broad SMARTS) is 1. The Morgan fingerprint density at radius 3 is 2.05 bits per heavy atom. The number of hydrogen-bond acceptors (Lipinski definition) is 6. The molecule has 7 nitrogen and oxygen atoms in total. The van der Waals surface area contributed by atoms with Gasteiger partial charge in [0, 0.05) is 13.2 Å². The molecule has 0 amide bonds. The largest absolute Gasteiger partial charge is 0.479 e. The van der Waals surface area contributed by atoms with E-state index in [0.717, 1.165) is 25.7 Å². The topological polar surface area (TPSA) is 105 Å². The quantitative estimate of drug-likeness (QED) is 0.533. The molecule has 1 aliphatic heterocycles. The van der Waals surface area contributed by atoms with Crippen molar-refractivity contribution < 1.29 is 34.3 Å². The second-order valence-corrected chi connectivity index (χ2v) is 5.15. The molecular weight excluding hydrogens is 280 g/mol. The highest BCUT2D eigenvalue weighted by molar-refractivity contribution is 5.73. The Morgan fingerprint density at radius 2 is 1.57 bits per heavy atom. The Hall–Kier alpha value is -0.730. The van der Waals surface area contributed by atoms with Crippen LogP contribution < -0.4 is 0 Å². The first-order chi connectivity index (χ1) is 10.0. The molecule has 124 valence electrons. The van der Waals surface area contributed by atoms with E-state index in [2.05, 4.69) is 0 Å². The van der Waals surface area contributed by atoms with Gasteiger partial charge in [-0.2, -0.15) is 0 Å². The van der Waals surface area contributed by atoms with Crippen LogP contribution in [0.3, 0.4) is 0 Å². The fourth-order valence-corrected chi connectivity index (χ4v) is 2.14. The fraction of sp³-hybridized carbons (Fsp3) is 0.929. The number of unbranched alkanes of at least 4 members (excludes halogenated alkanes) is 2. The Kier molecular flexibility index (Phi) is 8.13. The van der Waals surface area contributed by atoms with Gasteiger partial charge >= 0.3 is 5.97 Å². The first-order valence-electron chi connectivity index (χ1n) is 7.50. The summed E-state index contributed by atoms with van der Waals surface area (Å²) < 4.78 is 16.0. The highest BCUT2D eigenvalue weighted by Crippen LogP contribution is 2.25. The molecule has 1 aliphatic rings. The van der Waals surface area contributed by atoms with E-state index in [0.29, 0.717) is 13.2 Å². The molecule has 0 bridgehead atoms. The average molecular weight is 306 g/mol. The Morgan fingerprint density at radius 1 is 1.05 bits per heavy atom. The molecule has 7 heteroatoms. The van der Waals surface area contributed by atoms with Crippen molar-refractivity contribution in [1.29, 1.82) is 0 Å². The second-order valence-electron chi connectivity index (χ2n) is 5.15. The number of aliphatic hydroxyl groups is 2. The molecule has 1 saturated heterocycles. The maximum atomic E-state index is 11.1. The zero-order valence-corrected chi connectivity index (χ0v) is 12.6. The van der Waals surface area contributed by atoms with Crippen molar-refractivity contribution in [2.45, 2.75) is 70.2 Å². The number of carbonyl (C=O) groups is 1. The maximum absolute atomic E-state index is 11.1. The first kappa shape index (κ1) is 18.3. The van der Waals surface area contributed by atoms with Gasteiger partial charge < -0.3 is 29.5 Å². The zero-order valence-electron chi connectivity index (χ0n) is 12.6. The number of aliphatic carboxylic acids is 1. The molecule has 1 rings (SSSR count). The van der Waals surface area contributed by atoms with Gasteiger partial charge in [0.2, 0.25) is 0 Å². The van der Waals surface area contributed by atoms with Crippen molar-refractivity contribution in [1.82, 2.24) is 0 Å². The van der Waals surface area contributed by atoms with Crippen LogP contribution in [0.1, 0.15) is 39.5 Å². The lowest BCUT2D eigenvalue weighted by Gasteiger charge is -2.41. The molecule has 0 saturated carbocycles. The van der Waals surface area contributed by atoms with E-state index in [-0.39, 0.29) is 0 Å². The summed E-state index contributed by atoms with van der Waals surface area (Å²) in [6, 6.07) is 0. The summed E-state index contributed by atoms with van der Waals surface area (Å²) in [6.07, 6.45) is -2.73. The lowest BCUT2D eigenvalue weighted by molar-refractivity contribution is -0.297. The summed E-state index contributed by atoms with van der Waals surface area (Å²) in [6.45, 7) is 4.75. The maximum Gasteiger partial charge on any atom is 0.335 e. The molecule has 0 aromatic rings. The molecule has 5 atom stereocenters. The number of carboxylic acids is 1. The van der Waals surface area contributed by atoms with E-state index in [1.165, 1.54) is 0 Å². The predicted octanol–water partition coefficient (Wildman–Crippen LogP) is 0.520. The summed E-state index contributed by atoms with van der Waals surface area (Å²) in [5, 5.41) is 29.1. The molecule has 0 spiro atoms. The van der Waals surface area contributed by atoms with E-state index in [1.54, 1.807) is 0 Å². The van der Waals surface area contributed by atoms with E-state index < -0.39 is 36.7 Å². The zero-order chi connectivity index (χ0) is 15.8. The molecule has 1 fully saturated rings. The van der Waals surface area contributed by atoms with Crippen molar-refractivity contribution in [3.05, 3.63) is 0 Å². The van der Waals surface area contributed by atoms with E-state index in [4.69, 9.17) is 19.3 Å². The lowest BCUT2D eigenvalue weighted by atomic mass is 9.98. The SMILES string of the molecule is CCCCO[C@@H]1[C@@H](OCCCC)[C@H](O)[C@@H](C(=O)O)O[C@H]1O. The van der Waals surface area contributed by atoms with Crippen molar-refractivity contribution in [2.75, 3.05) is 13.2 Å². The summed E-state index contributed by atoms with van der Waals surface area (Å²) >= 11 is 0. The van der Waals surface area contributed by atoms with Crippen molar-refractivity contribution >= 4 is 5.97 Å². The van der Waals surface area contributed by atoms with Crippen molar-refractivity contribution in [3.63, 3.8) is 0 Å². The van der Waals surface area contributed by atoms with Gasteiger partial charge in [-0.15, -0.1) is 0 Å².